The molecular formula is C9H16N2O. The summed E-state index contributed by atoms with van der Waals surface area (Å²) in [6.45, 7) is 4.68. The van der Waals surface area contributed by atoms with Crippen LogP contribution in [0.5, 0.6) is 0 Å². The molecular weight excluding hydrogens is 152 g/mol. The average molecular weight is 168 g/mol. The molecule has 0 atom stereocenters. The fraction of sp³-hybridized carbons (Fsp3) is 0.667. The third-order valence-corrected chi connectivity index (χ3v) is 1.83. The summed E-state index contributed by atoms with van der Waals surface area (Å²) in [6.07, 6.45) is 2.83. The molecule has 0 saturated carbocycles. The van der Waals surface area contributed by atoms with Crippen molar-refractivity contribution in [1.29, 1.82) is 0 Å². The molecule has 3 nitrogen and oxygen atoms in total. The van der Waals surface area contributed by atoms with E-state index in [4.69, 9.17) is 10.2 Å². The molecule has 0 aliphatic carbocycles. The molecule has 0 aliphatic heterocycles. The highest BCUT2D eigenvalue weighted by atomic mass is 16.4. The van der Waals surface area contributed by atoms with E-state index in [9.17, 15) is 0 Å². The number of nitrogens with two attached hydrogens (primary N) is 1. The van der Waals surface area contributed by atoms with Gasteiger partial charge >= 0.3 is 0 Å². The highest BCUT2D eigenvalue weighted by molar-refractivity contribution is 5.09. The molecule has 12 heavy (non-hydrogen) atoms. The molecule has 0 amide bonds. The van der Waals surface area contributed by atoms with Crippen molar-refractivity contribution in [3.63, 3.8) is 0 Å². The Morgan fingerprint density at radius 1 is 1.50 bits per heavy atom. The van der Waals surface area contributed by atoms with Gasteiger partial charge in [0, 0.05) is 13.3 Å². The third kappa shape index (κ3) is 2.08. The van der Waals surface area contributed by atoms with Gasteiger partial charge in [-0.05, 0) is 19.4 Å². The Hall–Kier alpha value is -0.830. The molecule has 0 unspecified atom stereocenters. The zero-order valence-electron chi connectivity index (χ0n) is 7.76. The summed E-state index contributed by atoms with van der Waals surface area (Å²) in [7, 11) is 0. The zero-order valence-corrected chi connectivity index (χ0v) is 7.76. The number of oxazole rings is 1. The lowest BCUT2D eigenvalue weighted by Gasteiger charge is -1.95. The van der Waals surface area contributed by atoms with Crippen LogP contribution in [0.1, 0.15) is 30.7 Å². The van der Waals surface area contributed by atoms with Crippen LogP contribution in [0.3, 0.4) is 0 Å². The lowest BCUT2D eigenvalue weighted by atomic mass is 10.2. The molecule has 0 aliphatic rings. The molecule has 1 aromatic heterocycles. The molecule has 0 aromatic carbocycles. The molecule has 2 N–H and O–H groups in total. The number of rotatable bonds is 4. The van der Waals surface area contributed by atoms with Gasteiger partial charge in [0.05, 0.1) is 5.69 Å². The van der Waals surface area contributed by atoms with Crippen molar-refractivity contribution >= 4 is 0 Å². The Morgan fingerprint density at radius 2 is 2.25 bits per heavy atom. The van der Waals surface area contributed by atoms with Gasteiger partial charge in [-0.3, -0.25) is 0 Å². The van der Waals surface area contributed by atoms with Crippen LogP contribution < -0.4 is 5.73 Å². The van der Waals surface area contributed by atoms with Crippen LogP contribution in [0, 0.1) is 6.92 Å². The number of hydrogen-bond acceptors (Lipinski definition) is 3. The molecule has 3 heteroatoms. The van der Waals surface area contributed by atoms with E-state index >= 15 is 0 Å². The van der Waals surface area contributed by atoms with Crippen molar-refractivity contribution in [3.8, 4) is 0 Å². The highest BCUT2D eigenvalue weighted by Gasteiger charge is 2.07. The Morgan fingerprint density at radius 3 is 2.83 bits per heavy atom. The Kier molecular flexibility index (Phi) is 3.29. The predicted octanol–water partition coefficient (Wildman–Crippen LogP) is 1.44. The van der Waals surface area contributed by atoms with Gasteiger partial charge in [-0.1, -0.05) is 6.92 Å². The molecule has 0 saturated heterocycles. The van der Waals surface area contributed by atoms with Gasteiger partial charge in [0.15, 0.2) is 5.89 Å². The first kappa shape index (κ1) is 9.26. The van der Waals surface area contributed by atoms with Crippen molar-refractivity contribution in [1.82, 2.24) is 4.98 Å². The predicted molar refractivity (Wildman–Crippen MR) is 48.0 cm³/mol. The second-order valence-corrected chi connectivity index (χ2v) is 2.85. The van der Waals surface area contributed by atoms with Crippen molar-refractivity contribution in [3.05, 3.63) is 17.3 Å². The Labute approximate surface area is 73.0 Å². The van der Waals surface area contributed by atoms with E-state index < -0.39 is 0 Å². The van der Waals surface area contributed by atoms with Gasteiger partial charge < -0.3 is 10.2 Å². The quantitative estimate of drug-likeness (QED) is 0.740. The fourth-order valence-corrected chi connectivity index (χ4v) is 1.25. The second-order valence-electron chi connectivity index (χ2n) is 2.85. The number of aromatic nitrogens is 1. The minimum Gasteiger partial charge on any atom is -0.446 e. The molecule has 1 rings (SSSR count). The van der Waals surface area contributed by atoms with E-state index in [0.29, 0.717) is 6.54 Å². The van der Waals surface area contributed by atoms with Crippen molar-refractivity contribution in [2.75, 3.05) is 6.54 Å². The van der Waals surface area contributed by atoms with E-state index in [-0.39, 0.29) is 0 Å². The summed E-state index contributed by atoms with van der Waals surface area (Å²) in [5, 5.41) is 0. The summed E-state index contributed by atoms with van der Waals surface area (Å²) in [5.41, 5.74) is 6.50. The molecule has 1 aromatic rings. The summed E-state index contributed by atoms with van der Waals surface area (Å²) < 4.78 is 5.44. The summed E-state index contributed by atoms with van der Waals surface area (Å²) in [4.78, 5) is 4.27. The molecule has 0 fully saturated rings. The minimum absolute atomic E-state index is 0.711. The Balaban J connectivity index is 2.68. The number of hydrogen-bond donors (Lipinski definition) is 1. The van der Waals surface area contributed by atoms with Gasteiger partial charge in [0.2, 0.25) is 0 Å². The SMILES string of the molecule is CCc1nc(C)oc1CCCN. The molecule has 0 radical (unpaired) electrons. The van der Waals surface area contributed by atoms with E-state index in [1.54, 1.807) is 0 Å². The topological polar surface area (TPSA) is 52.0 Å². The minimum atomic E-state index is 0.711. The largest absolute Gasteiger partial charge is 0.446 e. The summed E-state index contributed by atoms with van der Waals surface area (Å²) in [5.74, 6) is 1.78. The van der Waals surface area contributed by atoms with Crippen LogP contribution in [0.15, 0.2) is 4.42 Å². The summed E-state index contributed by atoms with van der Waals surface area (Å²) in [6, 6.07) is 0. The van der Waals surface area contributed by atoms with Crippen LogP contribution in [0.4, 0.5) is 0 Å². The van der Waals surface area contributed by atoms with Gasteiger partial charge in [-0.15, -0.1) is 0 Å². The first-order chi connectivity index (χ1) is 5.77. The maximum absolute atomic E-state index is 5.44. The van der Waals surface area contributed by atoms with Crippen LogP contribution in [0.2, 0.25) is 0 Å². The third-order valence-electron chi connectivity index (χ3n) is 1.83. The normalized spacial score (nSPS) is 10.6. The smallest absolute Gasteiger partial charge is 0.191 e. The van der Waals surface area contributed by atoms with Crippen LogP contribution in [-0.4, -0.2) is 11.5 Å². The van der Waals surface area contributed by atoms with Gasteiger partial charge in [-0.25, -0.2) is 4.98 Å². The standard InChI is InChI=1S/C9H16N2O/c1-3-8-9(5-4-6-10)12-7(2)11-8/h3-6,10H2,1-2H3. The lowest BCUT2D eigenvalue weighted by molar-refractivity contribution is 0.468. The number of aryl methyl sites for hydroxylation is 3. The Bertz CT molecular complexity index is 243. The molecule has 0 spiro atoms. The number of nitrogens with zero attached hydrogens (tertiary/aromatic N) is 1. The van der Waals surface area contributed by atoms with Gasteiger partial charge in [-0.2, -0.15) is 0 Å². The maximum Gasteiger partial charge on any atom is 0.191 e. The van der Waals surface area contributed by atoms with E-state index in [1.165, 1.54) is 0 Å². The molecule has 68 valence electrons. The lowest BCUT2D eigenvalue weighted by Crippen LogP contribution is -2.01. The first-order valence-corrected chi connectivity index (χ1v) is 4.43. The highest BCUT2D eigenvalue weighted by Crippen LogP contribution is 2.12. The van der Waals surface area contributed by atoms with Gasteiger partial charge in [0.1, 0.15) is 5.76 Å². The van der Waals surface area contributed by atoms with Crippen LogP contribution in [0.25, 0.3) is 0 Å². The van der Waals surface area contributed by atoms with Crippen molar-refractivity contribution in [2.45, 2.75) is 33.1 Å². The first-order valence-electron chi connectivity index (χ1n) is 4.43. The monoisotopic (exact) mass is 168 g/mol. The van der Waals surface area contributed by atoms with Crippen molar-refractivity contribution < 1.29 is 4.42 Å². The fourth-order valence-electron chi connectivity index (χ4n) is 1.25. The maximum atomic E-state index is 5.44. The van der Waals surface area contributed by atoms with E-state index in [1.807, 2.05) is 6.92 Å². The van der Waals surface area contributed by atoms with Crippen molar-refractivity contribution in [2.24, 2.45) is 5.73 Å². The molecule has 1 heterocycles. The molecule has 0 bridgehead atoms. The van der Waals surface area contributed by atoms with Crippen LogP contribution in [-0.2, 0) is 12.8 Å². The average Bonchev–Trinajstić information content (AvgIpc) is 2.42. The van der Waals surface area contributed by atoms with E-state index in [0.717, 1.165) is 36.6 Å². The zero-order chi connectivity index (χ0) is 8.97. The summed E-state index contributed by atoms with van der Waals surface area (Å²) >= 11 is 0. The van der Waals surface area contributed by atoms with Gasteiger partial charge in [0.25, 0.3) is 0 Å². The van der Waals surface area contributed by atoms with E-state index in [2.05, 4.69) is 11.9 Å². The van der Waals surface area contributed by atoms with Crippen LogP contribution >= 0.6 is 0 Å². The second kappa shape index (κ2) is 4.26.